The standard InChI is InChI=1S/C9H11BrFNO2S/c1-7(10)6-12-15(13,14)9-5-3-2-4-8(9)11/h2-5,7,12H,6H2,1H3. The molecule has 1 N–H and O–H groups in total. The summed E-state index contributed by atoms with van der Waals surface area (Å²) >= 11 is 3.20. The van der Waals surface area contributed by atoms with Crippen molar-refractivity contribution in [3.63, 3.8) is 0 Å². The number of alkyl halides is 1. The number of hydrogen-bond donors (Lipinski definition) is 1. The third-order valence-corrected chi connectivity index (χ3v) is 3.46. The summed E-state index contributed by atoms with van der Waals surface area (Å²) in [6.45, 7) is 2.01. The lowest BCUT2D eigenvalue weighted by Gasteiger charge is -2.08. The smallest absolute Gasteiger partial charge is 0.210 e. The van der Waals surface area contributed by atoms with Gasteiger partial charge in [-0.1, -0.05) is 35.0 Å². The van der Waals surface area contributed by atoms with E-state index in [0.29, 0.717) is 0 Å². The average molecular weight is 296 g/mol. The maximum Gasteiger partial charge on any atom is 0.243 e. The fourth-order valence-electron chi connectivity index (χ4n) is 0.965. The van der Waals surface area contributed by atoms with Crippen LogP contribution in [0.3, 0.4) is 0 Å². The molecule has 0 heterocycles. The van der Waals surface area contributed by atoms with E-state index in [1.54, 1.807) is 6.92 Å². The molecule has 1 aromatic carbocycles. The van der Waals surface area contributed by atoms with Crippen molar-refractivity contribution in [2.24, 2.45) is 0 Å². The van der Waals surface area contributed by atoms with Crippen LogP contribution in [0.2, 0.25) is 0 Å². The van der Waals surface area contributed by atoms with Gasteiger partial charge in [-0.2, -0.15) is 0 Å². The summed E-state index contributed by atoms with van der Waals surface area (Å²) in [7, 11) is -3.74. The Hall–Kier alpha value is -0.460. The van der Waals surface area contributed by atoms with Gasteiger partial charge in [-0.05, 0) is 12.1 Å². The van der Waals surface area contributed by atoms with Crippen molar-refractivity contribution in [1.29, 1.82) is 0 Å². The molecule has 0 amide bonds. The lowest BCUT2D eigenvalue weighted by Crippen LogP contribution is -2.29. The summed E-state index contributed by atoms with van der Waals surface area (Å²) in [6.07, 6.45) is 0. The first-order valence-corrected chi connectivity index (χ1v) is 6.71. The Morgan fingerprint density at radius 3 is 2.60 bits per heavy atom. The van der Waals surface area contributed by atoms with E-state index in [0.717, 1.165) is 6.07 Å². The number of halogens is 2. The summed E-state index contributed by atoms with van der Waals surface area (Å²) in [5, 5.41) is 0. The van der Waals surface area contributed by atoms with E-state index < -0.39 is 15.8 Å². The van der Waals surface area contributed by atoms with Crippen LogP contribution in [0.1, 0.15) is 6.92 Å². The predicted octanol–water partition coefficient (Wildman–Crippen LogP) is 1.89. The van der Waals surface area contributed by atoms with Crippen LogP contribution in [0, 0.1) is 5.82 Å². The maximum atomic E-state index is 13.2. The molecule has 84 valence electrons. The first kappa shape index (κ1) is 12.6. The zero-order chi connectivity index (χ0) is 11.5. The predicted molar refractivity (Wildman–Crippen MR) is 60.0 cm³/mol. The Kier molecular flexibility index (Phi) is 4.24. The van der Waals surface area contributed by atoms with Gasteiger partial charge in [0.25, 0.3) is 0 Å². The molecule has 3 nitrogen and oxygen atoms in total. The molecule has 0 radical (unpaired) electrons. The van der Waals surface area contributed by atoms with Crippen molar-refractivity contribution < 1.29 is 12.8 Å². The SMILES string of the molecule is CC(Br)CNS(=O)(=O)c1ccccc1F. The Morgan fingerprint density at radius 2 is 2.07 bits per heavy atom. The molecule has 0 aromatic heterocycles. The van der Waals surface area contributed by atoms with Gasteiger partial charge in [-0.3, -0.25) is 0 Å². The van der Waals surface area contributed by atoms with E-state index in [-0.39, 0.29) is 16.3 Å². The quantitative estimate of drug-likeness (QED) is 0.862. The minimum absolute atomic E-state index is 0.000881. The topological polar surface area (TPSA) is 46.2 Å². The molecule has 0 saturated heterocycles. The van der Waals surface area contributed by atoms with Gasteiger partial charge in [0, 0.05) is 11.4 Å². The van der Waals surface area contributed by atoms with Crippen LogP contribution >= 0.6 is 15.9 Å². The third kappa shape index (κ3) is 3.55. The van der Waals surface area contributed by atoms with Gasteiger partial charge >= 0.3 is 0 Å². The highest BCUT2D eigenvalue weighted by atomic mass is 79.9. The largest absolute Gasteiger partial charge is 0.243 e. The molecule has 0 spiro atoms. The van der Waals surface area contributed by atoms with Gasteiger partial charge in [0.2, 0.25) is 10.0 Å². The Labute approximate surface area is 96.9 Å². The highest BCUT2D eigenvalue weighted by molar-refractivity contribution is 9.09. The lowest BCUT2D eigenvalue weighted by molar-refractivity contribution is 0.557. The normalized spacial score (nSPS) is 13.8. The number of benzene rings is 1. The van der Waals surface area contributed by atoms with Crippen LogP contribution in [0.4, 0.5) is 4.39 Å². The lowest BCUT2D eigenvalue weighted by atomic mass is 10.4. The average Bonchev–Trinajstić information content (AvgIpc) is 2.15. The number of hydrogen-bond acceptors (Lipinski definition) is 2. The van der Waals surface area contributed by atoms with Crippen molar-refractivity contribution in [3.8, 4) is 0 Å². The zero-order valence-corrected chi connectivity index (χ0v) is 10.5. The number of sulfonamides is 1. The molecule has 6 heteroatoms. The van der Waals surface area contributed by atoms with Gasteiger partial charge in [0.1, 0.15) is 10.7 Å². The maximum absolute atomic E-state index is 13.2. The summed E-state index contributed by atoms with van der Waals surface area (Å²) in [5.74, 6) is -0.743. The van der Waals surface area contributed by atoms with Gasteiger partial charge in [-0.15, -0.1) is 0 Å². The molecule has 0 fully saturated rings. The molecule has 1 atom stereocenters. The summed E-state index contributed by atoms with van der Waals surface area (Å²) in [6, 6.07) is 5.28. The van der Waals surface area contributed by atoms with Crippen molar-refractivity contribution in [2.45, 2.75) is 16.6 Å². The fraction of sp³-hybridized carbons (Fsp3) is 0.333. The third-order valence-electron chi connectivity index (χ3n) is 1.68. The molecule has 0 aliphatic carbocycles. The summed E-state index contributed by atoms with van der Waals surface area (Å²) in [5.41, 5.74) is 0. The van der Waals surface area contributed by atoms with Gasteiger partial charge < -0.3 is 0 Å². The first-order valence-electron chi connectivity index (χ1n) is 4.32. The summed E-state index contributed by atoms with van der Waals surface area (Å²) < 4.78 is 38.7. The van der Waals surface area contributed by atoms with Crippen LogP contribution in [0.5, 0.6) is 0 Å². The van der Waals surface area contributed by atoms with Crippen molar-refractivity contribution in [3.05, 3.63) is 30.1 Å². The first-order chi connectivity index (χ1) is 6.93. The van der Waals surface area contributed by atoms with E-state index in [2.05, 4.69) is 20.7 Å². The second-order valence-corrected chi connectivity index (χ2v) is 6.36. The molecular formula is C9H11BrFNO2S. The monoisotopic (exact) mass is 295 g/mol. The van der Waals surface area contributed by atoms with Crippen molar-refractivity contribution in [2.75, 3.05) is 6.54 Å². The molecule has 0 bridgehead atoms. The molecule has 15 heavy (non-hydrogen) atoms. The highest BCUT2D eigenvalue weighted by Gasteiger charge is 2.18. The summed E-state index contributed by atoms with van der Waals surface area (Å²) in [4.78, 5) is -0.322. The molecule has 0 saturated carbocycles. The van der Waals surface area contributed by atoms with E-state index >= 15 is 0 Å². The molecule has 0 aliphatic heterocycles. The Morgan fingerprint density at radius 1 is 1.47 bits per heavy atom. The Bertz CT molecular complexity index is 433. The number of rotatable bonds is 4. The minimum Gasteiger partial charge on any atom is -0.210 e. The van der Waals surface area contributed by atoms with Gasteiger partial charge in [0.05, 0.1) is 0 Å². The van der Waals surface area contributed by atoms with Crippen LogP contribution in [0.25, 0.3) is 0 Å². The minimum atomic E-state index is -3.74. The molecule has 1 unspecified atom stereocenters. The zero-order valence-electron chi connectivity index (χ0n) is 8.07. The fourth-order valence-corrected chi connectivity index (χ4v) is 2.55. The van der Waals surface area contributed by atoms with E-state index in [4.69, 9.17) is 0 Å². The van der Waals surface area contributed by atoms with E-state index in [1.807, 2.05) is 0 Å². The van der Waals surface area contributed by atoms with E-state index in [9.17, 15) is 12.8 Å². The Balaban J connectivity index is 2.92. The second kappa shape index (κ2) is 5.05. The highest BCUT2D eigenvalue weighted by Crippen LogP contribution is 2.13. The van der Waals surface area contributed by atoms with Crippen molar-refractivity contribution in [1.82, 2.24) is 4.72 Å². The second-order valence-electron chi connectivity index (χ2n) is 3.06. The van der Waals surface area contributed by atoms with Gasteiger partial charge in [-0.25, -0.2) is 17.5 Å². The number of nitrogens with one attached hydrogen (secondary N) is 1. The van der Waals surface area contributed by atoms with E-state index in [1.165, 1.54) is 18.2 Å². The van der Waals surface area contributed by atoms with Crippen LogP contribution in [0.15, 0.2) is 29.2 Å². The van der Waals surface area contributed by atoms with Gasteiger partial charge in [0.15, 0.2) is 0 Å². The van der Waals surface area contributed by atoms with Crippen LogP contribution in [-0.4, -0.2) is 19.8 Å². The molecular weight excluding hydrogens is 285 g/mol. The van der Waals surface area contributed by atoms with Crippen molar-refractivity contribution >= 4 is 26.0 Å². The van der Waals surface area contributed by atoms with Crippen LogP contribution < -0.4 is 4.72 Å². The molecule has 1 rings (SSSR count). The van der Waals surface area contributed by atoms with Crippen LogP contribution in [-0.2, 0) is 10.0 Å². The molecule has 1 aromatic rings. The molecule has 0 aliphatic rings.